The highest BCUT2D eigenvalue weighted by atomic mass is 16.5. The van der Waals surface area contributed by atoms with Crippen LogP contribution in [0.3, 0.4) is 0 Å². The normalized spacial score (nSPS) is 30.8. The summed E-state index contributed by atoms with van der Waals surface area (Å²) in [4.78, 5) is 11.8. The Hall–Kier alpha value is -0.610. The Morgan fingerprint density at radius 2 is 2.00 bits per heavy atom. The Bertz CT molecular complexity index is 289. The fourth-order valence-corrected chi connectivity index (χ4v) is 3.70. The van der Waals surface area contributed by atoms with Crippen molar-refractivity contribution in [3.05, 3.63) is 0 Å². The molecule has 110 valence electrons. The molecule has 0 unspecified atom stereocenters. The van der Waals surface area contributed by atoms with E-state index in [0.29, 0.717) is 12.5 Å². The van der Waals surface area contributed by atoms with Crippen LogP contribution in [0.25, 0.3) is 0 Å². The molecule has 4 nitrogen and oxygen atoms in total. The van der Waals surface area contributed by atoms with Gasteiger partial charge in [-0.1, -0.05) is 19.3 Å². The van der Waals surface area contributed by atoms with E-state index >= 15 is 0 Å². The zero-order chi connectivity index (χ0) is 13.7. The predicted molar refractivity (Wildman–Crippen MR) is 73.7 cm³/mol. The van der Waals surface area contributed by atoms with Gasteiger partial charge in [-0.2, -0.15) is 0 Å². The van der Waals surface area contributed by atoms with Crippen LogP contribution in [0.5, 0.6) is 0 Å². The molecule has 1 heterocycles. The number of aliphatic hydroxyl groups is 1. The molecule has 2 rings (SSSR count). The lowest BCUT2D eigenvalue weighted by molar-refractivity contribution is -0.158. The molecule has 19 heavy (non-hydrogen) atoms. The summed E-state index contributed by atoms with van der Waals surface area (Å²) < 4.78 is 4.98. The lowest BCUT2D eigenvalue weighted by Crippen LogP contribution is -2.52. The maximum atomic E-state index is 11.8. The molecule has 1 saturated carbocycles. The quantitative estimate of drug-likeness (QED) is 0.765. The van der Waals surface area contributed by atoms with Crippen molar-refractivity contribution in [3.63, 3.8) is 0 Å². The van der Waals surface area contributed by atoms with Crippen molar-refractivity contribution in [1.82, 2.24) is 5.32 Å². The highest BCUT2D eigenvalue weighted by Crippen LogP contribution is 2.34. The van der Waals surface area contributed by atoms with Gasteiger partial charge in [0.05, 0.1) is 6.61 Å². The summed E-state index contributed by atoms with van der Waals surface area (Å²) in [6.07, 6.45) is 7.34. The topological polar surface area (TPSA) is 58.6 Å². The smallest absolute Gasteiger partial charge is 0.335 e. The molecular weight excluding hydrogens is 242 g/mol. The first-order valence-corrected chi connectivity index (χ1v) is 7.82. The second kappa shape index (κ2) is 7.25. The van der Waals surface area contributed by atoms with Gasteiger partial charge in [-0.3, -0.25) is 0 Å². The summed E-state index contributed by atoms with van der Waals surface area (Å²) in [7, 11) is 0. The number of hydrogen-bond acceptors (Lipinski definition) is 4. The molecule has 0 amide bonds. The summed E-state index contributed by atoms with van der Waals surface area (Å²) in [5.41, 5.74) is 0. The molecule has 0 spiro atoms. The average molecular weight is 269 g/mol. The SMILES string of the molecule is CCOC(=O)[C@H](O)[C@H]1CCCN[C@H]1C1CCCCC1. The van der Waals surface area contributed by atoms with Crippen LogP contribution < -0.4 is 5.32 Å². The second-order valence-electron chi connectivity index (χ2n) is 5.88. The van der Waals surface area contributed by atoms with Crippen LogP contribution in [0.4, 0.5) is 0 Å². The van der Waals surface area contributed by atoms with Crippen LogP contribution >= 0.6 is 0 Å². The van der Waals surface area contributed by atoms with E-state index in [-0.39, 0.29) is 12.0 Å². The average Bonchev–Trinajstić information content (AvgIpc) is 2.47. The molecule has 0 bridgehead atoms. The van der Waals surface area contributed by atoms with Crippen molar-refractivity contribution in [1.29, 1.82) is 0 Å². The van der Waals surface area contributed by atoms with Crippen molar-refractivity contribution in [3.8, 4) is 0 Å². The van der Waals surface area contributed by atoms with Crippen molar-refractivity contribution < 1.29 is 14.6 Å². The summed E-state index contributed by atoms with van der Waals surface area (Å²) in [5, 5.41) is 13.8. The molecule has 0 aromatic rings. The lowest BCUT2D eigenvalue weighted by Gasteiger charge is -2.41. The van der Waals surface area contributed by atoms with Crippen molar-refractivity contribution >= 4 is 5.97 Å². The van der Waals surface area contributed by atoms with E-state index in [2.05, 4.69) is 5.32 Å². The van der Waals surface area contributed by atoms with Crippen LogP contribution in [0.1, 0.15) is 51.9 Å². The first-order valence-electron chi connectivity index (χ1n) is 7.82. The van der Waals surface area contributed by atoms with Gasteiger partial charge in [0, 0.05) is 12.0 Å². The summed E-state index contributed by atoms with van der Waals surface area (Å²) >= 11 is 0. The van der Waals surface area contributed by atoms with Crippen molar-refractivity contribution in [2.75, 3.05) is 13.2 Å². The fourth-order valence-electron chi connectivity index (χ4n) is 3.70. The van der Waals surface area contributed by atoms with Gasteiger partial charge in [0.15, 0.2) is 6.10 Å². The van der Waals surface area contributed by atoms with E-state index in [0.717, 1.165) is 19.4 Å². The largest absolute Gasteiger partial charge is 0.464 e. The first-order chi connectivity index (χ1) is 9.24. The van der Waals surface area contributed by atoms with Gasteiger partial charge in [-0.25, -0.2) is 4.79 Å². The zero-order valence-corrected chi connectivity index (χ0v) is 11.9. The van der Waals surface area contributed by atoms with E-state index in [9.17, 15) is 9.90 Å². The minimum atomic E-state index is -0.959. The Morgan fingerprint density at radius 1 is 1.26 bits per heavy atom. The number of rotatable bonds is 4. The first kappa shape index (κ1) is 14.8. The number of hydrogen-bond donors (Lipinski definition) is 2. The standard InChI is InChI=1S/C15H27NO3/c1-2-19-15(18)14(17)12-9-6-10-16-13(12)11-7-4-3-5-8-11/h11-14,16-17H,2-10H2,1H3/t12-,13-,14+/m0/s1. The fraction of sp³-hybridized carbons (Fsp3) is 0.933. The third-order valence-electron chi connectivity index (χ3n) is 4.65. The van der Waals surface area contributed by atoms with Crippen LogP contribution in [0.2, 0.25) is 0 Å². The third kappa shape index (κ3) is 3.69. The molecular formula is C15H27NO3. The van der Waals surface area contributed by atoms with E-state index < -0.39 is 12.1 Å². The van der Waals surface area contributed by atoms with Crippen LogP contribution in [0.15, 0.2) is 0 Å². The molecule has 0 aromatic carbocycles. The molecule has 3 atom stereocenters. The molecule has 0 aromatic heterocycles. The van der Waals surface area contributed by atoms with Crippen LogP contribution in [-0.4, -0.2) is 36.4 Å². The minimum Gasteiger partial charge on any atom is -0.464 e. The third-order valence-corrected chi connectivity index (χ3v) is 4.65. The van der Waals surface area contributed by atoms with Gasteiger partial charge in [0.25, 0.3) is 0 Å². The van der Waals surface area contributed by atoms with Crippen LogP contribution in [0, 0.1) is 11.8 Å². The molecule has 1 saturated heterocycles. The Morgan fingerprint density at radius 3 is 2.68 bits per heavy atom. The van der Waals surface area contributed by atoms with Crippen molar-refractivity contribution in [2.24, 2.45) is 11.8 Å². The molecule has 2 aliphatic rings. The highest BCUT2D eigenvalue weighted by Gasteiger charge is 2.39. The monoisotopic (exact) mass is 269 g/mol. The number of piperidine rings is 1. The number of carbonyl (C=O) groups excluding carboxylic acids is 1. The van der Waals surface area contributed by atoms with E-state index in [1.165, 1.54) is 32.1 Å². The van der Waals surface area contributed by atoms with Gasteiger partial charge in [0.1, 0.15) is 0 Å². The summed E-state index contributed by atoms with van der Waals surface area (Å²) in [6.45, 7) is 3.12. The van der Waals surface area contributed by atoms with Crippen LogP contribution in [-0.2, 0) is 9.53 Å². The number of carbonyl (C=O) groups is 1. The van der Waals surface area contributed by atoms with Gasteiger partial charge < -0.3 is 15.2 Å². The molecule has 0 radical (unpaired) electrons. The summed E-state index contributed by atoms with van der Waals surface area (Å²) in [5.74, 6) is 0.191. The van der Waals surface area contributed by atoms with Crippen molar-refractivity contribution in [2.45, 2.75) is 64.0 Å². The predicted octanol–water partition coefficient (Wildman–Crippen LogP) is 1.86. The lowest BCUT2D eigenvalue weighted by atomic mass is 9.74. The number of nitrogens with one attached hydrogen (secondary N) is 1. The van der Waals surface area contributed by atoms with E-state index in [4.69, 9.17) is 4.74 Å². The van der Waals surface area contributed by atoms with Gasteiger partial charge in [-0.05, 0) is 45.1 Å². The Labute approximate surface area is 115 Å². The summed E-state index contributed by atoms with van der Waals surface area (Å²) in [6, 6.07) is 0.286. The molecule has 1 aliphatic carbocycles. The van der Waals surface area contributed by atoms with E-state index in [1.807, 2.05) is 0 Å². The minimum absolute atomic E-state index is 0.0240. The maximum Gasteiger partial charge on any atom is 0.335 e. The highest BCUT2D eigenvalue weighted by molar-refractivity contribution is 5.74. The van der Waals surface area contributed by atoms with E-state index in [1.54, 1.807) is 6.92 Å². The van der Waals surface area contributed by atoms with Gasteiger partial charge >= 0.3 is 5.97 Å². The molecule has 2 N–H and O–H groups in total. The number of ether oxygens (including phenoxy) is 1. The Kier molecular flexibility index (Phi) is 5.64. The molecule has 2 fully saturated rings. The number of esters is 1. The molecule has 1 aliphatic heterocycles. The molecule has 4 heteroatoms. The van der Waals surface area contributed by atoms with Gasteiger partial charge in [0.2, 0.25) is 0 Å². The maximum absolute atomic E-state index is 11.8. The zero-order valence-electron chi connectivity index (χ0n) is 11.9. The van der Waals surface area contributed by atoms with Gasteiger partial charge in [-0.15, -0.1) is 0 Å². The second-order valence-corrected chi connectivity index (χ2v) is 5.88. The Balaban J connectivity index is 2.00. The number of aliphatic hydroxyl groups excluding tert-OH is 1.